The first-order valence-electron chi connectivity index (χ1n) is 7.29. The molecule has 1 aromatic carbocycles. The molecule has 2 heterocycles. The van der Waals surface area contributed by atoms with E-state index in [-0.39, 0.29) is 0 Å². The second-order valence-electron chi connectivity index (χ2n) is 5.22. The molecule has 3 heteroatoms. The molecule has 0 unspecified atom stereocenters. The number of benzene rings is 1. The lowest BCUT2D eigenvalue weighted by molar-refractivity contribution is 0.631. The third kappa shape index (κ3) is 3.19. The maximum absolute atomic E-state index is 4.56. The van der Waals surface area contributed by atoms with Crippen molar-refractivity contribution in [2.45, 2.75) is 25.8 Å². The van der Waals surface area contributed by atoms with Crippen LogP contribution in [-0.2, 0) is 13.0 Å². The monoisotopic (exact) mass is 277 g/mol. The Balaban J connectivity index is 1.75. The van der Waals surface area contributed by atoms with E-state index in [1.165, 1.54) is 11.1 Å². The zero-order chi connectivity index (χ0) is 14.5. The molecule has 0 saturated heterocycles. The number of aryl methyl sites for hydroxylation is 2. The van der Waals surface area contributed by atoms with Crippen molar-refractivity contribution in [3.8, 4) is 0 Å². The van der Waals surface area contributed by atoms with Gasteiger partial charge >= 0.3 is 0 Å². The molecule has 0 spiro atoms. The van der Waals surface area contributed by atoms with Gasteiger partial charge in [-0.05, 0) is 29.7 Å². The smallest absolute Gasteiger partial charge is 0.115 e. The Morgan fingerprint density at radius 1 is 1.00 bits per heavy atom. The third-order valence-corrected chi connectivity index (χ3v) is 3.83. The number of imidazole rings is 1. The molecule has 3 aromatic rings. The third-order valence-electron chi connectivity index (χ3n) is 3.83. The summed E-state index contributed by atoms with van der Waals surface area (Å²) in [6, 6.07) is 14.7. The Morgan fingerprint density at radius 3 is 2.52 bits per heavy atom. The van der Waals surface area contributed by atoms with Crippen LogP contribution in [0.1, 0.15) is 29.8 Å². The van der Waals surface area contributed by atoms with Crippen molar-refractivity contribution in [3.05, 3.63) is 84.2 Å². The maximum Gasteiger partial charge on any atom is 0.115 e. The molecule has 1 atom stereocenters. The summed E-state index contributed by atoms with van der Waals surface area (Å²) in [5.41, 5.74) is 2.60. The van der Waals surface area contributed by atoms with Gasteiger partial charge in [0.2, 0.25) is 0 Å². The van der Waals surface area contributed by atoms with Crippen LogP contribution in [0.5, 0.6) is 0 Å². The van der Waals surface area contributed by atoms with Crippen molar-refractivity contribution in [3.63, 3.8) is 0 Å². The van der Waals surface area contributed by atoms with Gasteiger partial charge < -0.3 is 4.57 Å². The minimum Gasteiger partial charge on any atom is -0.334 e. The molecular formula is C18H19N3. The fraction of sp³-hybridized carbons (Fsp3) is 0.222. The maximum atomic E-state index is 4.56. The second-order valence-corrected chi connectivity index (χ2v) is 5.22. The SMILES string of the molecule is C[C@@H](c1ccccc1)c1nccn1CCc1ccncc1. The standard InChI is InChI=1S/C18H19N3/c1-15(17-5-3-2-4-6-17)18-20-12-14-21(18)13-9-16-7-10-19-11-8-16/h2-8,10-12,14-15H,9,13H2,1H3/t15-/m0/s1. The van der Waals surface area contributed by atoms with Gasteiger partial charge in [-0.2, -0.15) is 0 Å². The summed E-state index contributed by atoms with van der Waals surface area (Å²) in [5, 5.41) is 0. The Labute approximate surface area is 125 Å². The lowest BCUT2D eigenvalue weighted by atomic mass is 10.0. The molecule has 21 heavy (non-hydrogen) atoms. The molecule has 2 aromatic heterocycles. The molecule has 106 valence electrons. The minimum atomic E-state index is 0.304. The van der Waals surface area contributed by atoms with E-state index in [9.17, 15) is 0 Å². The summed E-state index contributed by atoms with van der Waals surface area (Å²) >= 11 is 0. The lowest BCUT2D eigenvalue weighted by Crippen LogP contribution is -2.09. The Morgan fingerprint density at radius 2 is 1.76 bits per heavy atom. The highest BCUT2D eigenvalue weighted by atomic mass is 15.1. The number of hydrogen-bond acceptors (Lipinski definition) is 2. The van der Waals surface area contributed by atoms with Gasteiger partial charge in [0.15, 0.2) is 0 Å². The van der Waals surface area contributed by atoms with E-state index >= 15 is 0 Å². The summed E-state index contributed by atoms with van der Waals surface area (Å²) in [6.45, 7) is 3.15. The fourth-order valence-corrected chi connectivity index (χ4v) is 2.58. The fourth-order valence-electron chi connectivity index (χ4n) is 2.58. The van der Waals surface area contributed by atoms with E-state index in [0.29, 0.717) is 5.92 Å². The number of hydrogen-bond donors (Lipinski definition) is 0. The van der Waals surface area contributed by atoms with E-state index in [1.807, 2.05) is 24.7 Å². The van der Waals surface area contributed by atoms with Gasteiger partial charge in [0, 0.05) is 37.3 Å². The number of rotatable bonds is 5. The first kappa shape index (κ1) is 13.6. The van der Waals surface area contributed by atoms with Gasteiger partial charge in [0.25, 0.3) is 0 Å². The van der Waals surface area contributed by atoms with Gasteiger partial charge in [-0.25, -0.2) is 4.98 Å². The van der Waals surface area contributed by atoms with E-state index in [1.54, 1.807) is 0 Å². The minimum absolute atomic E-state index is 0.304. The summed E-state index contributed by atoms with van der Waals surface area (Å²) < 4.78 is 2.25. The summed E-state index contributed by atoms with van der Waals surface area (Å²) in [5.74, 6) is 1.42. The van der Waals surface area contributed by atoms with Crippen LogP contribution < -0.4 is 0 Å². The van der Waals surface area contributed by atoms with Crippen LogP contribution in [0.3, 0.4) is 0 Å². The summed E-state index contributed by atoms with van der Waals surface area (Å²) in [6.07, 6.45) is 8.64. The zero-order valence-electron chi connectivity index (χ0n) is 12.2. The normalized spacial score (nSPS) is 12.2. The Kier molecular flexibility index (Phi) is 4.10. The van der Waals surface area contributed by atoms with Crippen LogP contribution in [0, 0.1) is 0 Å². The van der Waals surface area contributed by atoms with Crippen LogP contribution >= 0.6 is 0 Å². The molecule has 0 amide bonds. The Bertz CT molecular complexity index is 674. The van der Waals surface area contributed by atoms with Crippen LogP contribution in [0.2, 0.25) is 0 Å². The molecule has 0 bridgehead atoms. The highest BCUT2D eigenvalue weighted by molar-refractivity contribution is 5.25. The molecule has 3 nitrogen and oxygen atoms in total. The number of pyridine rings is 1. The molecule has 0 aliphatic heterocycles. The van der Waals surface area contributed by atoms with Gasteiger partial charge in [-0.15, -0.1) is 0 Å². The summed E-state index contributed by atoms with van der Waals surface area (Å²) in [4.78, 5) is 8.61. The first-order chi connectivity index (χ1) is 10.3. The second kappa shape index (κ2) is 6.35. The predicted octanol–water partition coefficient (Wildman–Crippen LogP) is 3.67. The average Bonchev–Trinajstić information content (AvgIpc) is 3.02. The molecular weight excluding hydrogens is 258 g/mol. The largest absolute Gasteiger partial charge is 0.334 e. The van der Waals surface area contributed by atoms with Crippen LogP contribution in [-0.4, -0.2) is 14.5 Å². The van der Waals surface area contributed by atoms with E-state index in [4.69, 9.17) is 0 Å². The topological polar surface area (TPSA) is 30.7 Å². The van der Waals surface area contributed by atoms with Crippen molar-refractivity contribution in [1.82, 2.24) is 14.5 Å². The van der Waals surface area contributed by atoms with Crippen LogP contribution in [0.4, 0.5) is 0 Å². The molecule has 0 fully saturated rings. The van der Waals surface area contributed by atoms with E-state index < -0.39 is 0 Å². The molecule has 0 aliphatic carbocycles. The van der Waals surface area contributed by atoms with Crippen molar-refractivity contribution in [1.29, 1.82) is 0 Å². The highest BCUT2D eigenvalue weighted by Gasteiger charge is 2.13. The molecule has 0 radical (unpaired) electrons. The predicted molar refractivity (Wildman–Crippen MR) is 84.1 cm³/mol. The van der Waals surface area contributed by atoms with Crippen molar-refractivity contribution in [2.24, 2.45) is 0 Å². The highest BCUT2D eigenvalue weighted by Crippen LogP contribution is 2.22. The van der Waals surface area contributed by atoms with Crippen LogP contribution in [0.25, 0.3) is 0 Å². The quantitative estimate of drug-likeness (QED) is 0.712. The lowest BCUT2D eigenvalue weighted by Gasteiger charge is -2.14. The zero-order valence-corrected chi connectivity index (χ0v) is 12.2. The summed E-state index contributed by atoms with van der Waals surface area (Å²) in [7, 11) is 0. The van der Waals surface area contributed by atoms with Crippen molar-refractivity contribution >= 4 is 0 Å². The first-order valence-corrected chi connectivity index (χ1v) is 7.29. The van der Waals surface area contributed by atoms with Gasteiger partial charge in [-0.1, -0.05) is 37.3 Å². The van der Waals surface area contributed by atoms with Crippen molar-refractivity contribution < 1.29 is 0 Å². The molecule has 0 aliphatic rings. The van der Waals surface area contributed by atoms with Gasteiger partial charge in [0.05, 0.1) is 0 Å². The number of aromatic nitrogens is 3. The molecule has 0 saturated carbocycles. The average molecular weight is 277 g/mol. The molecule has 0 N–H and O–H groups in total. The number of nitrogens with zero attached hydrogens (tertiary/aromatic N) is 3. The van der Waals surface area contributed by atoms with Gasteiger partial charge in [0.1, 0.15) is 5.82 Å². The van der Waals surface area contributed by atoms with Gasteiger partial charge in [-0.3, -0.25) is 4.98 Å². The Hall–Kier alpha value is -2.42. The van der Waals surface area contributed by atoms with E-state index in [2.05, 4.69) is 64.1 Å². The van der Waals surface area contributed by atoms with Crippen LogP contribution in [0.15, 0.2) is 67.3 Å². The van der Waals surface area contributed by atoms with Crippen molar-refractivity contribution in [2.75, 3.05) is 0 Å². The molecule has 3 rings (SSSR count). The van der Waals surface area contributed by atoms with E-state index in [0.717, 1.165) is 18.8 Å².